The van der Waals surface area contributed by atoms with E-state index < -0.39 is 5.91 Å². The number of carbonyl (C=O) groups is 1. The number of methoxy groups -OCH3 is 1. The second-order valence-corrected chi connectivity index (χ2v) is 5.87. The Hall–Kier alpha value is -2.85. The van der Waals surface area contributed by atoms with Gasteiger partial charge < -0.3 is 9.47 Å². The van der Waals surface area contributed by atoms with Gasteiger partial charge in [0, 0.05) is 4.47 Å². The minimum Gasteiger partial charge on any atom is -0.493 e. The highest BCUT2D eigenvalue weighted by Gasteiger charge is 2.06. The highest BCUT2D eigenvalue weighted by molar-refractivity contribution is 9.10. The van der Waals surface area contributed by atoms with Crippen LogP contribution in [0, 0.1) is 11.3 Å². The molecule has 0 radical (unpaired) electrons. The van der Waals surface area contributed by atoms with E-state index in [2.05, 4.69) is 26.5 Å². The van der Waals surface area contributed by atoms with E-state index in [0.29, 0.717) is 18.1 Å². The van der Waals surface area contributed by atoms with Crippen LogP contribution in [0.5, 0.6) is 11.5 Å². The van der Waals surface area contributed by atoms with Gasteiger partial charge in [-0.1, -0.05) is 28.1 Å². The molecule has 1 N–H and O–H groups in total. The Kier molecular flexibility index (Phi) is 6.99. The zero-order chi connectivity index (χ0) is 18.1. The lowest BCUT2D eigenvalue weighted by Gasteiger charge is -2.11. The number of carbonyl (C=O) groups excluding carboxylic acids is 1. The molecule has 128 valence electrons. The second kappa shape index (κ2) is 9.45. The predicted molar refractivity (Wildman–Crippen MR) is 97.4 cm³/mol. The number of hydrogen-bond donors (Lipinski definition) is 1. The van der Waals surface area contributed by atoms with E-state index >= 15 is 0 Å². The number of amides is 1. The van der Waals surface area contributed by atoms with Crippen LogP contribution in [0.2, 0.25) is 0 Å². The van der Waals surface area contributed by atoms with E-state index in [4.69, 9.17) is 14.7 Å². The lowest BCUT2D eigenvalue weighted by molar-refractivity contribution is -0.120. The highest BCUT2D eigenvalue weighted by atomic mass is 79.9. The quantitative estimate of drug-likeness (QED) is 0.569. The largest absolute Gasteiger partial charge is 0.493 e. The van der Waals surface area contributed by atoms with Crippen molar-refractivity contribution in [1.82, 2.24) is 5.43 Å². The number of hydrogen-bond acceptors (Lipinski definition) is 5. The molecule has 0 bridgehead atoms. The first-order chi connectivity index (χ1) is 12.1. The van der Waals surface area contributed by atoms with Crippen LogP contribution < -0.4 is 14.9 Å². The molecule has 2 aromatic rings. The first-order valence-electron chi connectivity index (χ1n) is 7.36. The first kappa shape index (κ1) is 18.5. The van der Waals surface area contributed by atoms with Crippen molar-refractivity contribution in [3.05, 3.63) is 58.1 Å². The molecule has 0 aliphatic carbocycles. The topological polar surface area (TPSA) is 83.7 Å². The summed E-state index contributed by atoms with van der Waals surface area (Å²) in [5.74, 6) is 0.709. The Balaban J connectivity index is 2.01. The zero-order valence-electron chi connectivity index (χ0n) is 13.5. The van der Waals surface area contributed by atoms with Gasteiger partial charge in [0.2, 0.25) is 0 Å². The van der Waals surface area contributed by atoms with Gasteiger partial charge in [-0.3, -0.25) is 4.79 Å². The zero-order valence-corrected chi connectivity index (χ0v) is 15.1. The molecule has 6 nitrogen and oxygen atoms in total. The molecule has 1 amide bonds. The molecule has 0 spiro atoms. The lowest BCUT2D eigenvalue weighted by atomic mass is 10.2. The Bertz CT molecular complexity index is 798. The van der Waals surface area contributed by atoms with E-state index in [-0.39, 0.29) is 6.42 Å². The monoisotopic (exact) mass is 401 g/mol. The number of halogens is 1. The summed E-state index contributed by atoms with van der Waals surface area (Å²) in [6.45, 7) is 0.418. The van der Waals surface area contributed by atoms with Gasteiger partial charge in [-0.05, 0) is 41.5 Å². The number of rotatable bonds is 7. The summed E-state index contributed by atoms with van der Waals surface area (Å²) in [6, 6.07) is 14.9. The Labute approximate surface area is 154 Å². The van der Waals surface area contributed by atoms with Crippen LogP contribution in [-0.4, -0.2) is 19.2 Å². The first-order valence-corrected chi connectivity index (χ1v) is 8.16. The van der Waals surface area contributed by atoms with Crippen LogP contribution in [-0.2, 0) is 11.4 Å². The Morgan fingerprint density at radius 3 is 2.72 bits per heavy atom. The minimum absolute atomic E-state index is 0.233. The smallest absolute Gasteiger partial charge is 0.254 e. The molecule has 0 aliphatic heterocycles. The number of nitriles is 1. The van der Waals surface area contributed by atoms with Crippen molar-refractivity contribution in [1.29, 1.82) is 5.26 Å². The van der Waals surface area contributed by atoms with Gasteiger partial charge in [-0.25, -0.2) is 5.43 Å². The molecule has 7 heteroatoms. The van der Waals surface area contributed by atoms with Crippen molar-refractivity contribution in [2.45, 2.75) is 13.0 Å². The summed E-state index contributed by atoms with van der Waals surface area (Å²) < 4.78 is 12.1. The maximum atomic E-state index is 11.2. The standard InChI is InChI=1S/C18H16BrN3O3/c1-24-17-10-14(11-21-22-18(23)8-9-20)4-7-16(17)25-12-13-2-5-15(19)6-3-13/h2-7,10-11H,8,12H2,1H3,(H,22,23). The fraction of sp³-hybridized carbons (Fsp3) is 0.167. The van der Waals surface area contributed by atoms with E-state index in [1.54, 1.807) is 31.4 Å². The molecule has 2 rings (SSSR count). The Morgan fingerprint density at radius 2 is 2.04 bits per heavy atom. The van der Waals surface area contributed by atoms with Gasteiger partial charge in [-0.15, -0.1) is 0 Å². The molecule has 0 aliphatic rings. The van der Waals surface area contributed by atoms with E-state index in [9.17, 15) is 4.79 Å². The molecule has 0 fully saturated rings. The third-order valence-corrected chi connectivity index (χ3v) is 3.67. The van der Waals surface area contributed by atoms with Crippen LogP contribution >= 0.6 is 15.9 Å². The molecule has 0 unspecified atom stereocenters. The summed E-state index contributed by atoms with van der Waals surface area (Å²) in [5.41, 5.74) is 4.03. The lowest BCUT2D eigenvalue weighted by Crippen LogP contribution is -2.16. The van der Waals surface area contributed by atoms with Gasteiger partial charge in [-0.2, -0.15) is 10.4 Å². The minimum atomic E-state index is -0.458. The van der Waals surface area contributed by atoms with Gasteiger partial charge in [0.1, 0.15) is 13.0 Å². The van der Waals surface area contributed by atoms with Gasteiger partial charge >= 0.3 is 0 Å². The number of nitrogens with one attached hydrogen (secondary N) is 1. The average molecular weight is 402 g/mol. The molecule has 0 saturated carbocycles. The summed E-state index contributed by atoms with van der Waals surface area (Å²) >= 11 is 3.40. The van der Waals surface area contributed by atoms with E-state index in [0.717, 1.165) is 15.6 Å². The Morgan fingerprint density at radius 1 is 1.28 bits per heavy atom. The van der Waals surface area contributed by atoms with E-state index in [1.807, 2.05) is 24.3 Å². The fourth-order valence-corrected chi connectivity index (χ4v) is 2.18. The van der Waals surface area contributed by atoms with Crippen molar-refractivity contribution in [2.24, 2.45) is 5.10 Å². The van der Waals surface area contributed by atoms with Crippen LogP contribution in [0.3, 0.4) is 0 Å². The van der Waals surface area contributed by atoms with Crippen molar-refractivity contribution in [3.63, 3.8) is 0 Å². The van der Waals surface area contributed by atoms with Gasteiger partial charge in [0.25, 0.3) is 5.91 Å². The maximum absolute atomic E-state index is 11.2. The molecule has 25 heavy (non-hydrogen) atoms. The number of nitrogens with zero attached hydrogens (tertiary/aromatic N) is 2. The predicted octanol–water partition coefficient (Wildman–Crippen LogP) is 3.40. The number of ether oxygens (including phenoxy) is 2. The van der Waals surface area contributed by atoms with Crippen molar-refractivity contribution in [3.8, 4) is 17.6 Å². The summed E-state index contributed by atoms with van der Waals surface area (Å²) in [6.07, 6.45) is 1.24. The van der Waals surface area contributed by atoms with Crippen LogP contribution in [0.1, 0.15) is 17.5 Å². The molecule has 2 aromatic carbocycles. The molecule has 0 atom stereocenters. The summed E-state index contributed by atoms with van der Waals surface area (Å²) in [5, 5.41) is 12.2. The second-order valence-electron chi connectivity index (χ2n) is 4.95. The van der Waals surface area contributed by atoms with E-state index in [1.165, 1.54) is 6.21 Å². The average Bonchev–Trinajstić information content (AvgIpc) is 2.62. The molecular formula is C18H16BrN3O3. The van der Waals surface area contributed by atoms with Gasteiger partial charge in [0.15, 0.2) is 11.5 Å². The highest BCUT2D eigenvalue weighted by Crippen LogP contribution is 2.28. The van der Waals surface area contributed by atoms with Crippen molar-refractivity contribution >= 4 is 28.1 Å². The normalized spacial score (nSPS) is 10.3. The summed E-state index contributed by atoms with van der Waals surface area (Å²) in [7, 11) is 1.55. The molecule has 0 saturated heterocycles. The fourth-order valence-electron chi connectivity index (χ4n) is 1.92. The maximum Gasteiger partial charge on any atom is 0.254 e. The van der Waals surface area contributed by atoms with Crippen LogP contribution in [0.4, 0.5) is 0 Å². The van der Waals surface area contributed by atoms with Gasteiger partial charge in [0.05, 0.1) is 19.4 Å². The summed E-state index contributed by atoms with van der Waals surface area (Å²) in [4.78, 5) is 11.2. The third kappa shape index (κ3) is 5.94. The van der Waals surface area contributed by atoms with Crippen molar-refractivity contribution in [2.75, 3.05) is 7.11 Å². The molecule has 0 aromatic heterocycles. The molecule has 0 heterocycles. The van der Waals surface area contributed by atoms with Crippen LogP contribution in [0.15, 0.2) is 52.0 Å². The van der Waals surface area contributed by atoms with Crippen molar-refractivity contribution < 1.29 is 14.3 Å². The van der Waals surface area contributed by atoms with Crippen LogP contribution in [0.25, 0.3) is 0 Å². The number of hydrazone groups is 1. The molecular weight excluding hydrogens is 386 g/mol. The third-order valence-electron chi connectivity index (χ3n) is 3.14. The number of benzene rings is 2. The SMILES string of the molecule is COc1cc(C=NNC(=O)CC#N)ccc1OCc1ccc(Br)cc1.